The van der Waals surface area contributed by atoms with Crippen molar-refractivity contribution in [3.05, 3.63) is 24.5 Å². The van der Waals surface area contributed by atoms with Crippen molar-refractivity contribution >= 4 is 17.7 Å². The molecule has 1 saturated carbocycles. The van der Waals surface area contributed by atoms with E-state index in [0.29, 0.717) is 19.2 Å². The minimum absolute atomic E-state index is 0.0756. The number of alkyl halides is 3. The van der Waals surface area contributed by atoms with Crippen molar-refractivity contribution < 1.29 is 32.6 Å². The van der Waals surface area contributed by atoms with E-state index in [1.54, 1.807) is 6.20 Å². The van der Waals surface area contributed by atoms with Gasteiger partial charge < -0.3 is 25.4 Å². The molecule has 1 spiro atoms. The maximum absolute atomic E-state index is 12.1. The molecule has 8 nitrogen and oxygen atoms in total. The zero-order valence-electron chi connectivity index (χ0n) is 15.6. The van der Waals surface area contributed by atoms with E-state index in [9.17, 15) is 18.0 Å². The van der Waals surface area contributed by atoms with Gasteiger partial charge in [-0.1, -0.05) is 0 Å². The zero-order valence-corrected chi connectivity index (χ0v) is 15.6. The Balaban J connectivity index is 0.000000298. The van der Waals surface area contributed by atoms with Crippen molar-refractivity contribution in [3.8, 4) is 0 Å². The SMILES string of the molecule is O=C(NC1CC1)N1CCC2(CC(Nc3cccnc3)CO2)C1.O=C(O)C(F)(F)F. The van der Waals surface area contributed by atoms with E-state index >= 15 is 0 Å². The largest absolute Gasteiger partial charge is 0.490 e. The number of hydrogen-bond donors (Lipinski definition) is 3. The van der Waals surface area contributed by atoms with Gasteiger partial charge in [-0.25, -0.2) is 9.59 Å². The molecule has 2 unspecified atom stereocenters. The molecule has 0 bridgehead atoms. The fraction of sp³-hybridized carbons (Fsp3) is 0.611. The van der Waals surface area contributed by atoms with Crippen LogP contribution in [-0.4, -0.2) is 70.5 Å². The van der Waals surface area contributed by atoms with Gasteiger partial charge in [-0.2, -0.15) is 13.2 Å². The molecule has 11 heteroatoms. The summed E-state index contributed by atoms with van der Waals surface area (Å²) in [6.07, 6.45) is 2.63. The molecule has 4 rings (SSSR count). The summed E-state index contributed by atoms with van der Waals surface area (Å²) in [6.45, 7) is 2.18. The number of aliphatic carboxylic acids is 1. The summed E-state index contributed by atoms with van der Waals surface area (Å²) in [4.78, 5) is 27.1. The van der Waals surface area contributed by atoms with E-state index in [1.165, 1.54) is 0 Å². The lowest BCUT2D eigenvalue weighted by Crippen LogP contribution is -2.42. The number of halogens is 3. The second kappa shape index (κ2) is 8.44. The minimum Gasteiger partial charge on any atom is -0.475 e. The Labute approximate surface area is 165 Å². The molecule has 2 saturated heterocycles. The van der Waals surface area contributed by atoms with Crippen molar-refractivity contribution in [1.82, 2.24) is 15.2 Å². The molecule has 160 valence electrons. The van der Waals surface area contributed by atoms with Crippen LogP contribution in [0.1, 0.15) is 25.7 Å². The number of carbonyl (C=O) groups excluding carboxylic acids is 1. The lowest BCUT2D eigenvalue weighted by molar-refractivity contribution is -0.192. The van der Waals surface area contributed by atoms with Gasteiger partial charge >= 0.3 is 18.2 Å². The highest BCUT2D eigenvalue weighted by molar-refractivity contribution is 5.75. The third kappa shape index (κ3) is 5.96. The number of urea groups is 1. The summed E-state index contributed by atoms with van der Waals surface area (Å²) in [5.74, 6) is -2.76. The van der Waals surface area contributed by atoms with Crippen LogP contribution < -0.4 is 10.6 Å². The molecule has 2 aliphatic heterocycles. The number of nitrogens with zero attached hydrogens (tertiary/aromatic N) is 2. The van der Waals surface area contributed by atoms with Gasteiger partial charge in [0, 0.05) is 31.4 Å². The third-order valence-electron chi connectivity index (χ3n) is 4.99. The highest BCUT2D eigenvalue weighted by atomic mass is 19.4. The predicted octanol–water partition coefficient (Wildman–Crippen LogP) is 2.23. The molecule has 3 aliphatic rings. The topological polar surface area (TPSA) is 104 Å². The molecule has 0 radical (unpaired) electrons. The number of carboxylic acid groups (broad SMARTS) is 1. The fourth-order valence-corrected chi connectivity index (χ4v) is 3.42. The fourth-order valence-electron chi connectivity index (χ4n) is 3.42. The Bertz CT molecular complexity index is 730. The molecular formula is C18H23F3N4O4. The van der Waals surface area contributed by atoms with E-state index in [4.69, 9.17) is 14.6 Å². The first-order valence-electron chi connectivity index (χ1n) is 9.33. The summed E-state index contributed by atoms with van der Waals surface area (Å²) in [5, 5.41) is 13.7. The number of ether oxygens (including phenoxy) is 1. The normalized spacial score (nSPS) is 26.0. The zero-order chi connectivity index (χ0) is 21.1. The Morgan fingerprint density at radius 2 is 2.03 bits per heavy atom. The lowest BCUT2D eigenvalue weighted by Gasteiger charge is -2.23. The maximum atomic E-state index is 12.1. The molecule has 0 aromatic carbocycles. The van der Waals surface area contributed by atoms with Gasteiger partial charge in [0.15, 0.2) is 0 Å². The van der Waals surface area contributed by atoms with Crippen molar-refractivity contribution in [2.75, 3.05) is 25.0 Å². The first-order valence-corrected chi connectivity index (χ1v) is 9.33. The summed E-state index contributed by atoms with van der Waals surface area (Å²) in [6, 6.07) is 4.71. The van der Waals surface area contributed by atoms with Crippen LogP contribution in [0, 0.1) is 0 Å². The van der Waals surface area contributed by atoms with Crippen molar-refractivity contribution in [2.24, 2.45) is 0 Å². The van der Waals surface area contributed by atoms with Gasteiger partial charge in [0.2, 0.25) is 0 Å². The number of amides is 2. The Kier molecular flexibility index (Phi) is 6.15. The quantitative estimate of drug-likeness (QED) is 0.698. The van der Waals surface area contributed by atoms with Crippen LogP contribution >= 0.6 is 0 Å². The number of hydrogen-bond acceptors (Lipinski definition) is 5. The van der Waals surface area contributed by atoms with Gasteiger partial charge in [0.05, 0.1) is 30.5 Å². The first-order chi connectivity index (χ1) is 13.7. The van der Waals surface area contributed by atoms with Gasteiger partial charge in [-0.3, -0.25) is 4.98 Å². The number of likely N-dealkylation sites (tertiary alicyclic amines) is 1. The first kappa shape index (κ1) is 21.2. The molecule has 1 aliphatic carbocycles. The number of rotatable bonds is 3. The second-order valence-electron chi connectivity index (χ2n) is 7.48. The van der Waals surface area contributed by atoms with E-state index in [1.807, 2.05) is 23.2 Å². The summed E-state index contributed by atoms with van der Waals surface area (Å²) in [5.41, 5.74) is 0.857. The molecule has 3 heterocycles. The Morgan fingerprint density at radius 3 is 2.62 bits per heavy atom. The van der Waals surface area contributed by atoms with Crippen LogP contribution in [0.4, 0.5) is 23.7 Å². The summed E-state index contributed by atoms with van der Waals surface area (Å²) < 4.78 is 37.8. The number of aromatic nitrogens is 1. The molecular weight excluding hydrogens is 393 g/mol. The van der Waals surface area contributed by atoms with Crippen molar-refractivity contribution in [3.63, 3.8) is 0 Å². The number of carbonyl (C=O) groups is 2. The van der Waals surface area contributed by atoms with E-state index in [-0.39, 0.29) is 17.7 Å². The number of pyridine rings is 1. The van der Waals surface area contributed by atoms with Crippen LogP contribution in [0.15, 0.2) is 24.5 Å². The molecule has 29 heavy (non-hydrogen) atoms. The molecule has 1 aromatic rings. The highest BCUT2D eigenvalue weighted by Gasteiger charge is 2.47. The van der Waals surface area contributed by atoms with Crippen molar-refractivity contribution in [2.45, 2.75) is 49.5 Å². The third-order valence-corrected chi connectivity index (χ3v) is 4.99. The van der Waals surface area contributed by atoms with Gasteiger partial charge in [0.1, 0.15) is 0 Å². The highest BCUT2D eigenvalue weighted by Crippen LogP contribution is 2.36. The Hall–Kier alpha value is -2.56. The smallest absolute Gasteiger partial charge is 0.475 e. The standard InChI is InChI=1S/C16H22N4O2.C2HF3O2/c21-15(19-12-3-4-12)20-7-5-16(11-20)8-14(10-22-16)18-13-2-1-6-17-9-13;3-2(4,5)1(6)7/h1-2,6,9,12,14,18H,3-5,7-8,10-11H2,(H,19,21);(H,6,7). The van der Waals surface area contributed by atoms with E-state index < -0.39 is 12.1 Å². The van der Waals surface area contributed by atoms with Gasteiger partial charge in [0.25, 0.3) is 0 Å². The summed E-state index contributed by atoms with van der Waals surface area (Å²) >= 11 is 0. The van der Waals surface area contributed by atoms with Gasteiger partial charge in [-0.15, -0.1) is 0 Å². The van der Waals surface area contributed by atoms with Crippen molar-refractivity contribution in [1.29, 1.82) is 0 Å². The van der Waals surface area contributed by atoms with Gasteiger partial charge in [-0.05, 0) is 31.4 Å². The molecule has 3 fully saturated rings. The number of anilines is 1. The number of carboxylic acids is 1. The maximum Gasteiger partial charge on any atom is 0.490 e. The van der Waals surface area contributed by atoms with Crippen LogP contribution in [0.3, 0.4) is 0 Å². The second-order valence-corrected chi connectivity index (χ2v) is 7.48. The minimum atomic E-state index is -5.08. The molecule has 2 atom stereocenters. The van der Waals surface area contributed by atoms with Crippen LogP contribution in [-0.2, 0) is 9.53 Å². The molecule has 1 aromatic heterocycles. The average molecular weight is 416 g/mol. The average Bonchev–Trinajstić information content (AvgIpc) is 3.24. The summed E-state index contributed by atoms with van der Waals surface area (Å²) in [7, 11) is 0. The monoisotopic (exact) mass is 416 g/mol. The van der Waals surface area contributed by atoms with Crippen LogP contribution in [0.5, 0.6) is 0 Å². The predicted molar refractivity (Wildman–Crippen MR) is 96.4 cm³/mol. The molecule has 3 N–H and O–H groups in total. The van der Waals surface area contributed by atoms with Crippen LogP contribution in [0.25, 0.3) is 0 Å². The van der Waals surface area contributed by atoms with Crippen LogP contribution in [0.2, 0.25) is 0 Å². The Morgan fingerprint density at radius 1 is 1.31 bits per heavy atom. The molecule has 2 amide bonds. The van der Waals surface area contributed by atoms with E-state index in [2.05, 4.69) is 15.6 Å². The van der Waals surface area contributed by atoms with E-state index in [0.717, 1.165) is 37.9 Å². The lowest BCUT2D eigenvalue weighted by atomic mass is 9.97. The number of nitrogens with one attached hydrogen (secondary N) is 2.